The lowest BCUT2D eigenvalue weighted by molar-refractivity contribution is -0.136. The Labute approximate surface area is 480 Å². The van der Waals surface area contributed by atoms with Crippen molar-refractivity contribution in [2.45, 2.75) is 107 Å². The van der Waals surface area contributed by atoms with Crippen LogP contribution in [0.1, 0.15) is 55.4 Å². The molecule has 0 aliphatic carbocycles. The molecule has 0 unspecified atom stereocenters. The van der Waals surface area contributed by atoms with Gasteiger partial charge >= 0.3 is 0 Å². The van der Waals surface area contributed by atoms with Gasteiger partial charge in [-0.1, -0.05) is 92.7 Å². The third-order valence-corrected chi connectivity index (χ3v) is 14.3. The maximum atomic E-state index is 14.8. The first-order valence-corrected chi connectivity index (χ1v) is 27.9. The largest absolute Gasteiger partial charge is 0.368 e. The van der Waals surface area contributed by atoms with Crippen LogP contribution in [-0.2, 0) is 64.0 Å². The SMILES string of the molecule is CC(C)[C@H](NC(=O)[C@H](CCCCN)NC(=O)[C@@H](Cc1c[nH]c2ccccc12)NC(=O)[C@H](Cc1cccnc1)NC(=O)[C@@H](CS)NC(=O)[C@@H](N)Cc1ccc(F)cc1)C(=O)N[C@@H](CS)C(=O)N[C@@H](Cc1ccc2ccccc2c1)C(N)=O. The van der Waals surface area contributed by atoms with Gasteiger partial charge in [-0.25, -0.2) is 4.39 Å². The van der Waals surface area contributed by atoms with Crippen LogP contribution < -0.4 is 54.4 Å². The first kappa shape index (κ1) is 62.3. The monoisotopic (exact) mass is 1150 g/mol. The number of amides is 8. The van der Waals surface area contributed by atoms with Crippen molar-refractivity contribution in [1.82, 2.24) is 47.2 Å². The second-order valence-corrected chi connectivity index (χ2v) is 20.8. The van der Waals surface area contributed by atoms with E-state index in [9.17, 15) is 42.7 Å². The molecule has 4 aromatic carbocycles. The second-order valence-electron chi connectivity index (χ2n) is 20.1. The predicted molar refractivity (Wildman–Crippen MR) is 314 cm³/mol. The average Bonchev–Trinajstić information content (AvgIpc) is 3.87. The topological polar surface area (TPSA) is 328 Å². The molecule has 81 heavy (non-hydrogen) atoms. The molecular weight excluding hydrogens is 1080 g/mol. The fourth-order valence-corrected chi connectivity index (χ4v) is 9.57. The number of aromatic amines is 1. The molecule has 0 saturated heterocycles. The number of unbranched alkanes of at least 4 members (excludes halogenated alkanes) is 1. The fraction of sp³-hybridized carbons (Fsp3) is 0.362. The summed E-state index contributed by atoms with van der Waals surface area (Å²) < 4.78 is 13.5. The van der Waals surface area contributed by atoms with Crippen LogP contribution in [0.3, 0.4) is 0 Å². The van der Waals surface area contributed by atoms with Crippen molar-refractivity contribution in [1.29, 1.82) is 0 Å². The number of nitrogens with one attached hydrogen (secondary N) is 8. The van der Waals surface area contributed by atoms with Crippen LogP contribution in [0.4, 0.5) is 4.39 Å². The van der Waals surface area contributed by atoms with E-state index in [4.69, 9.17) is 17.2 Å². The number of H-pyrrole nitrogens is 1. The number of para-hydroxylation sites is 1. The first-order valence-electron chi connectivity index (χ1n) is 26.6. The average molecular weight is 1150 g/mol. The molecule has 20 nitrogen and oxygen atoms in total. The van der Waals surface area contributed by atoms with E-state index >= 15 is 0 Å². The van der Waals surface area contributed by atoms with Gasteiger partial charge in [0.2, 0.25) is 47.3 Å². The van der Waals surface area contributed by atoms with Crippen molar-refractivity contribution in [2.24, 2.45) is 23.1 Å². The Bertz CT molecular complexity index is 3130. The Kier molecular flexibility index (Phi) is 23.6. The lowest BCUT2D eigenvalue weighted by Crippen LogP contribution is -2.61. The Morgan fingerprint density at radius 3 is 1.75 bits per heavy atom. The predicted octanol–water partition coefficient (Wildman–Crippen LogP) is 1.98. The first-order chi connectivity index (χ1) is 38.9. The second kappa shape index (κ2) is 30.7. The summed E-state index contributed by atoms with van der Waals surface area (Å²) in [5, 5.41) is 21.7. The van der Waals surface area contributed by atoms with Crippen LogP contribution in [0.5, 0.6) is 0 Å². The molecule has 430 valence electrons. The summed E-state index contributed by atoms with van der Waals surface area (Å²) in [7, 11) is 0. The molecule has 0 radical (unpaired) electrons. The molecule has 6 rings (SSSR count). The van der Waals surface area contributed by atoms with Gasteiger partial charge < -0.3 is 59.4 Å². The van der Waals surface area contributed by atoms with E-state index in [1.807, 2.05) is 66.7 Å². The number of fused-ring (bicyclic) bond motifs is 2. The van der Waals surface area contributed by atoms with Gasteiger partial charge in [0.15, 0.2) is 0 Å². The normalized spacial score (nSPS) is 14.3. The number of carbonyl (C=O) groups excluding carboxylic acids is 8. The van der Waals surface area contributed by atoms with Crippen molar-refractivity contribution in [3.05, 3.63) is 150 Å². The molecule has 8 amide bonds. The molecule has 6 aromatic rings. The summed E-state index contributed by atoms with van der Waals surface area (Å²) in [4.78, 5) is 119. The van der Waals surface area contributed by atoms with Gasteiger partial charge in [-0.3, -0.25) is 43.3 Å². The van der Waals surface area contributed by atoms with Crippen molar-refractivity contribution in [3.63, 3.8) is 0 Å². The molecule has 0 aliphatic rings. The van der Waals surface area contributed by atoms with Gasteiger partial charge in [0.05, 0.1) is 6.04 Å². The minimum absolute atomic E-state index is 0.0366. The molecule has 0 fully saturated rings. The molecule has 2 aromatic heterocycles. The van der Waals surface area contributed by atoms with Gasteiger partial charge in [0, 0.05) is 60.3 Å². The molecule has 2 heterocycles. The highest BCUT2D eigenvalue weighted by Crippen LogP contribution is 2.21. The molecule has 0 aliphatic heterocycles. The maximum absolute atomic E-state index is 14.8. The standard InChI is InChI=1S/C58H71FN12O8S2/c1-33(2)50(58(79)70-49(32-81)56(77)66-45(51(62)72)26-35-16-19-37-11-3-4-12-38(37)24-35)71-53(74)44(15-7-8-22-60)65-55(76)47(28-39-30-64-43-14-6-5-13-41(39)43)68-54(75)46(27-36-10-9-23-63-29-36)67-57(78)48(31-80)69-52(73)42(61)25-34-17-20-40(59)21-18-34/h3-6,9-14,16-21,23-24,29-30,33,42,44-50,64,80-81H,7-8,15,22,25-28,31-32,60-61H2,1-2H3,(H2,62,72)(H,65,76)(H,66,77)(H,67,78)(H,68,75)(H,69,73)(H,70,79)(H,71,74)/t42-,44-,45-,46-,47+,48+,49-,50-/m0/s1. The molecule has 14 N–H and O–H groups in total. The highest BCUT2D eigenvalue weighted by Gasteiger charge is 2.35. The molecule has 0 spiro atoms. The quantitative estimate of drug-likeness (QED) is 0.0229. The van der Waals surface area contributed by atoms with E-state index in [0.717, 1.165) is 27.2 Å². The Morgan fingerprint density at radius 2 is 1.12 bits per heavy atom. The van der Waals surface area contributed by atoms with E-state index in [1.54, 1.807) is 32.2 Å². The summed E-state index contributed by atoms with van der Waals surface area (Å²) in [5.41, 5.74) is 21.0. The summed E-state index contributed by atoms with van der Waals surface area (Å²) >= 11 is 8.63. The van der Waals surface area contributed by atoms with Gasteiger partial charge in [-0.05, 0) is 95.4 Å². The zero-order chi connectivity index (χ0) is 58.6. The van der Waals surface area contributed by atoms with E-state index in [1.165, 1.54) is 36.7 Å². The number of rotatable bonds is 30. The van der Waals surface area contributed by atoms with E-state index in [-0.39, 0.29) is 50.2 Å². The van der Waals surface area contributed by atoms with Crippen molar-refractivity contribution >= 4 is 94.2 Å². The van der Waals surface area contributed by atoms with Crippen LogP contribution >= 0.6 is 25.3 Å². The molecular formula is C58H71FN12O8S2. The van der Waals surface area contributed by atoms with Crippen molar-refractivity contribution < 1.29 is 42.7 Å². The summed E-state index contributed by atoms with van der Waals surface area (Å²) in [6, 6.07) is 19.3. The van der Waals surface area contributed by atoms with E-state index < -0.39 is 107 Å². The zero-order valence-electron chi connectivity index (χ0n) is 45.0. The van der Waals surface area contributed by atoms with Crippen LogP contribution in [0.25, 0.3) is 21.7 Å². The van der Waals surface area contributed by atoms with Crippen LogP contribution in [-0.4, -0.2) is 124 Å². The fourth-order valence-electron chi connectivity index (χ4n) is 9.05. The highest BCUT2D eigenvalue weighted by atomic mass is 32.1. The summed E-state index contributed by atoms with van der Waals surface area (Å²) in [6.45, 7) is 3.63. The lowest BCUT2D eigenvalue weighted by Gasteiger charge is -2.29. The number of nitrogens with two attached hydrogens (primary N) is 3. The minimum Gasteiger partial charge on any atom is -0.368 e. The number of pyridine rings is 1. The van der Waals surface area contributed by atoms with E-state index in [2.05, 4.69) is 72.4 Å². The van der Waals surface area contributed by atoms with Crippen LogP contribution in [0.15, 0.2) is 122 Å². The number of primary amides is 1. The number of carbonyl (C=O) groups is 8. The number of benzene rings is 4. The minimum atomic E-state index is -1.39. The summed E-state index contributed by atoms with van der Waals surface area (Å²) in [5.74, 6) is -7.50. The van der Waals surface area contributed by atoms with Crippen molar-refractivity contribution in [2.75, 3.05) is 18.1 Å². The molecule has 23 heteroatoms. The van der Waals surface area contributed by atoms with Crippen molar-refractivity contribution in [3.8, 4) is 0 Å². The smallest absolute Gasteiger partial charge is 0.244 e. The van der Waals surface area contributed by atoms with E-state index in [0.29, 0.717) is 29.5 Å². The Balaban J connectivity index is 1.19. The van der Waals surface area contributed by atoms with Gasteiger partial charge in [0.1, 0.15) is 48.1 Å². The van der Waals surface area contributed by atoms with Crippen LogP contribution in [0.2, 0.25) is 0 Å². The van der Waals surface area contributed by atoms with Gasteiger partial charge in [-0.2, -0.15) is 25.3 Å². The molecule has 0 bridgehead atoms. The van der Waals surface area contributed by atoms with Gasteiger partial charge in [0.25, 0.3) is 0 Å². The zero-order valence-corrected chi connectivity index (χ0v) is 46.8. The number of thiol groups is 2. The number of hydrogen-bond acceptors (Lipinski definition) is 13. The number of aromatic nitrogens is 2. The third kappa shape index (κ3) is 18.3. The summed E-state index contributed by atoms with van der Waals surface area (Å²) in [6.07, 6.45) is 5.54. The Morgan fingerprint density at radius 1 is 0.568 bits per heavy atom. The molecule has 0 saturated carbocycles. The van der Waals surface area contributed by atoms with Gasteiger partial charge in [-0.15, -0.1) is 0 Å². The Hall–Kier alpha value is -7.86. The number of nitrogens with zero attached hydrogens (tertiary/aromatic N) is 1. The van der Waals surface area contributed by atoms with Crippen LogP contribution in [0, 0.1) is 11.7 Å². The number of hydrogen-bond donors (Lipinski definition) is 13. The number of halogens is 1. The lowest BCUT2D eigenvalue weighted by atomic mass is 10.00. The molecule has 8 atom stereocenters. The maximum Gasteiger partial charge on any atom is 0.244 e. The highest BCUT2D eigenvalue weighted by molar-refractivity contribution is 7.80. The third-order valence-electron chi connectivity index (χ3n) is 13.6.